The topological polar surface area (TPSA) is 90.7 Å². The summed E-state index contributed by atoms with van der Waals surface area (Å²) in [6.45, 7) is 4.97. The molecule has 26 heavy (non-hydrogen) atoms. The number of hydrogen-bond acceptors (Lipinski definition) is 5. The summed E-state index contributed by atoms with van der Waals surface area (Å²) < 4.78 is 0. The first-order valence-corrected chi connectivity index (χ1v) is 8.73. The van der Waals surface area contributed by atoms with E-state index < -0.39 is 0 Å². The van der Waals surface area contributed by atoms with Gasteiger partial charge in [-0.3, -0.25) is 14.5 Å². The van der Waals surface area contributed by atoms with Gasteiger partial charge in [0, 0.05) is 12.1 Å². The van der Waals surface area contributed by atoms with Gasteiger partial charge in [0.25, 0.3) is 0 Å². The Morgan fingerprint density at radius 2 is 1.50 bits per heavy atom. The first-order valence-electron chi connectivity index (χ1n) is 8.73. The van der Waals surface area contributed by atoms with Crippen LogP contribution in [0.25, 0.3) is 0 Å². The second-order valence-electron chi connectivity index (χ2n) is 6.83. The quantitative estimate of drug-likeness (QED) is 0.563. The molecule has 0 saturated carbocycles. The summed E-state index contributed by atoms with van der Waals surface area (Å²) >= 11 is 0. The number of likely N-dealkylation sites (tertiary alicyclic amines) is 2. The van der Waals surface area contributed by atoms with E-state index in [1.807, 2.05) is 0 Å². The largest absolute Gasteiger partial charge is 0.353 e. The van der Waals surface area contributed by atoms with Crippen LogP contribution in [0, 0.1) is 0 Å². The Bertz CT molecular complexity index is 415. The molecule has 2 amide bonds. The van der Waals surface area contributed by atoms with Gasteiger partial charge in [-0.25, -0.2) is 0 Å². The summed E-state index contributed by atoms with van der Waals surface area (Å²) in [6, 6.07) is 0. The van der Waals surface area contributed by atoms with E-state index in [4.69, 9.17) is 5.73 Å². The lowest BCUT2D eigenvalue weighted by molar-refractivity contribution is -0.125. The molecule has 2 saturated heterocycles. The van der Waals surface area contributed by atoms with E-state index in [0.29, 0.717) is 6.54 Å². The summed E-state index contributed by atoms with van der Waals surface area (Å²) in [5.74, 6) is -0.438. The molecule has 0 aromatic rings. The lowest BCUT2D eigenvalue weighted by atomic mass is 9.84. The third-order valence-electron chi connectivity index (χ3n) is 5.19. The Kier molecular flexibility index (Phi) is 14.8. The minimum absolute atomic E-state index is 0. The van der Waals surface area contributed by atoms with Crippen molar-refractivity contribution in [2.24, 2.45) is 5.73 Å². The molecule has 7 nitrogen and oxygen atoms in total. The second kappa shape index (κ2) is 13.8. The van der Waals surface area contributed by atoms with Crippen LogP contribution in [0.1, 0.15) is 32.1 Å². The molecule has 0 atom stereocenters. The average Bonchev–Trinajstić information content (AvgIpc) is 2.60. The Morgan fingerprint density at radius 1 is 0.923 bits per heavy atom. The summed E-state index contributed by atoms with van der Waals surface area (Å²) in [6.07, 6.45) is 5.97. The van der Waals surface area contributed by atoms with Crippen molar-refractivity contribution in [3.63, 3.8) is 0 Å². The Labute approximate surface area is 175 Å². The maximum Gasteiger partial charge on any atom is 0.239 e. The first kappa shape index (κ1) is 27.9. The van der Waals surface area contributed by atoms with Crippen molar-refractivity contribution in [1.82, 2.24) is 20.4 Å². The third-order valence-corrected chi connectivity index (χ3v) is 5.19. The molecule has 2 heterocycles. The number of rotatable bonds is 6. The van der Waals surface area contributed by atoms with Crippen LogP contribution in [0.4, 0.5) is 0 Å². The summed E-state index contributed by atoms with van der Waals surface area (Å²) in [7, 11) is 2.15. The zero-order chi connectivity index (χ0) is 16.7. The van der Waals surface area contributed by atoms with Crippen molar-refractivity contribution < 1.29 is 9.59 Å². The smallest absolute Gasteiger partial charge is 0.239 e. The van der Waals surface area contributed by atoms with Crippen LogP contribution in [0.5, 0.6) is 0 Å². The van der Waals surface area contributed by atoms with Gasteiger partial charge >= 0.3 is 0 Å². The number of halogens is 3. The highest BCUT2D eigenvalue weighted by Crippen LogP contribution is 2.30. The predicted octanol–water partition coefficient (Wildman–Crippen LogP) is 0.393. The number of hydrogen-bond donors (Lipinski definition) is 3. The van der Waals surface area contributed by atoms with Crippen LogP contribution in [-0.4, -0.2) is 80.0 Å². The molecule has 2 fully saturated rings. The highest BCUT2D eigenvalue weighted by atomic mass is 35.5. The van der Waals surface area contributed by atoms with Crippen molar-refractivity contribution in [3.8, 4) is 0 Å². The fraction of sp³-hybridized carbons (Fsp3) is 0.875. The summed E-state index contributed by atoms with van der Waals surface area (Å²) in [4.78, 5) is 28.1. The van der Waals surface area contributed by atoms with Gasteiger partial charge < -0.3 is 21.3 Å². The van der Waals surface area contributed by atoms with Crippen LogP contribution >= 0.6 is 37.2 Å². The number of amides is 2. The molecule has 0 unspecified atom stereocenters. The molecule has 0 aliphatic carbocycles. The second-order valence-corrected chi connectivity index (χ2v) is 6.83. The Balaban J connectivity index is 0. The van der Waals surface area contributed by atoms with Gasteiger partial charge in [0.05, 0.1) is 13.1 Å². The standard InChI is InChI=1S/C16H31N5O2.3ClH/c1-20-9-5-16(6-10-20,21-7-3-2-4-8-21)13-19-15(23)12-18-14(22)11-17;;;/h2-13,17H2,1H3,(H,18,22)(H,19,23);3*1H. The van der Waals surface area contributed by atoms with E-state index in [1.54, 1.807) is 0 Å². The number of piperidine rings is 2. The molecular formula is C16H34Cl3N5O2. The van der Waals surface area contributed by atoms with Crippen molar-refractivity contribution in [1.29, 1.82) is 0 Å². The van der Waals surface area contributed by atoms with E-state index in [9.17, 15) is 9.59 Å². The van der Waals surface area contributed by atoms with Gasteiger partial charge in [-0.05, 0) is 58.9 Å². The number of carbonyl (C=O) groups is 2. The zero-order valence-electron chi connectivity index (χ0n) is 15.5. The molecule has 2 aliphatic rings. The van der Waals surface area contributed by atoms with Crippen LogP contribution in [0.2, 0.25) is 0 Å². The van der Waals surface area contributed by atoms with E-state index in [2.05, 4.69) is 27.5 Å². The predicted molar refractivity (Wildman–Crippen MR) is 112 cm³/mol. The fourth-order valence-corrected chi connectivity index (χ4v) is 3.58. The summed E-state index contributed by atoms with van der Waals surface area (Å²) in [5, 5.41) is 5.55. The first-order chi connectivity index (χ1) is 11.1. The molecule has 0 aromatic carbocycles. The number of nitrogens with one attached hydrogen (secondary N) is 2. The molecule has 0 bridgehead atoms. The maximum absolute atomic E-state index is 12.0. The molecule has 4 N–H and O–H groups in total. The lowest BCUT2D eigenvalue weighted by Gasteiger charge is -2.50. The highest BCUT2D eigenvalue weighted by molar-refractivity contribution is 5.86. The van der Waals surface area contributed by atoms with Crippen LogP contribution in [0.3, 0.4) is 0 Å². The molecule has 2 rings (SSSR count). The van der Waals surface area contributed by atoms with E-state index >= 15 is 0 Å². The highest BCUT2D eigenvalue weighted by Gasteiger charge is 2.39. The van der Waals surface area contributed by atoms with Crippen LogP contribution < -0.4 is 16.4 Å². The SMILES string of the molecule is CN1CCC(CNC(=O)CNC(=O)CN)(N2CCCCC2)CC1.Cl.Cl.Cl. The maximum atomic E-state index is 12.0. The molecule has 0 radical (unpaired) electrons. The molecular weight excluding hydrogens is 401 g/mol. The van der Waals surface area contributed by atoms with Gasteiger partial charge in [0.1, 0.15) is 0 Å². The van der Waals surface area contributed by atoms with Crippen molar-refractivity contribution in [2.45, 2.75) is 37.6 Å². The van der Waals surface area contributed by atoms with E-state index in [1.165, 1.54) is 19.3 Å². The van der Waals surface area contributed by atoms with Crippen molar-refractivity contribution in [3.05, 3.63) is 0 Å². The Hall–Kier alpha value is -0.310. The van der Waals surface area contributed by atoms with Gasteiger partial charge in [0.2, 0.25) is 11.8 Å². The lowest BCUT2D eigenvalue weighted by Crippen LogP contribution is -2.61. The van der Waals surface area contributed by atoms with Crippen molar-refractivity contribution >= 4 is 49.0 Å². The molecule has 10 heteroatoms. The third kappa shape index (κ3) is 8.15. The molecule has 0 aromatic heterocycles. The van der Waals surface area contributed by atoms with Crippen LogP contribution in [0.15, 0.2) is 0 Å². The minimum Gasteiger partial charge on any atom is -0.353 e. The number of nitrogens with zero attached hydrogens (tertiary/aromatic N) is 2. The van der Waals surface area contributed by atoms with E-state index in [0.717, 1.165) is 39.0 Å². The monoisotopic (exact) mass is 433 g/mol. The molecule has 2 aliphatic heterocycles. The van der Waals surface area contributed by atoms with E-state index in [-0.39, 0.29) is 67.7 Å². The fourth-order valence-electron chi connectivity index (χ4n) is 3.58. The van der Waals surface area contributed by atoms with Crippen molar-refractivity contribution in [2.75, 3.05) is 52.9 Å². The average molecular weight is 435 g/mol. The van der Waals surface area contributed by atoms with Gasteiger partial charge in [0.15, 0.2) is 0 Å². The van der Waals surface area contributed by atoms with Crippen LogP contribution in [-0.2, 0) is 9.59 Å². The number of nitrogens with two attached hydrogens (primary N) is 1. The molecule has 0 spiro atoms. The van der Waals surface area contributed by atoms with Gasteiger partial charge in [-0.2, -0.15) is 0 Å². The zero-order valence-corrected chi connectivity index (χ0v) is 17.9. The van der Waals surface area contributed by atoms with Gasteiger partial charge in [-0.15, -0.1) is 37.2 Å². The number of carbonyl (C=O) groups excluding carboxylic acids is 2. The normalized spacial score (nSPS) is 19.9. The molecule has 156 valence electrons. The van der Waals surface area contributed by atoms with Gasteiger partial charge in [-0.1, -0.05) is 6.42 Å². The Morgan fingerprint density at radius 3 is 2.04 bits per heavy atom. The minimum atomic E-state index is -0.301. The summed E-state index contributed by atoms with van der Waals surface area (Å²) in [5.41, 5.74) is 5.30.